The Labute approximate surface area is 98.1 Å². The van der Waals surface area contributed by atoms with Crippen LogP contribution in [0, 0.1) is 0 Å². The molecule has 2 atom stereocenters. The number of hydrogen-bond acceptors (Lipinski definition) is 3. The van der Waals surface area contributed by atoms with Gasteiger partial charge in [0.15, 0.2) is 11.5 Å². The lowest BCUT2D eigenvalue weighted by molar-refractivity contribution is 0.181. The molecule has 0 aromatic heterocycles. The highest BCUT2D eigenvalue weighted by Gasteiger charge is 2.15. The van der Waals surface area contributed by atoms with Crippen LogP contribution in [0.15, 0.2) is 18.2 Å². The molecule has 0 radical (unpaired) electrons. The molecule has 3 nitrogen and oxygen atoms in total. The zero-order valence-electron chi connectivity index (χ0n) is 9.03. The fourth-order valence-electron chi connectivity index (χ4n) is 1.30. The SMILES string of the molecule is COc1ccc(C(O)C(C)Br)cc1OC. The van der Waals surface area contributed by atoms with Crippen molar-refractivity contribution < 1.29 is 14.6 Å². The molecule has 0 aliphatic heterocycles. The molecular weight excluding hydrogens is 260 g/mol. The summed E-state index contributed by atoms with van der Waals surface area (Å²) in [5.74, 6) is 1.29. The van der Waals surface area contributed by atoms with E-state index in [9.17, 15) is 5.11 Å². The van der Waals surface area contributed by atoms with Crippen molar-refractivity contribution in [3.05, 3.63) is 23.8 Å². The Morgan fingerprint density at radius 2 is 1.80 bits per heavy atom. The van der Waals surface area contributed by atoms with Crippen LogP contribution in [0.25, 0.3) is 0 Å². The summed E-state index contributed by atoms with van der Waals surface area (Å²) in [6, 6.07) is 5.39. The number of rotatable bonds is 4. The number of halogens is 1. The summed E-state index contributed by atoms with van der Waals surface area (Å²) < 4.78 is 10.3. The van der Waals surface area contributed by atoms with Crippen molar-refractivity contribution in [1.29, 1.82) is 0 Å². The highest BCUT2D eigenvalue weighted by atomic mass is 79.9. The zero-order chi connectivity index (χ0) is 11.4. The second kappa shape index (κ2) is 5.37. The van der Waals surface area contributed by atoms with Gasteiger partial charge >= 0.3 is 0 Å². The van der Waals surface area contributed by atoms with Gasteiger partial charge in [-0.3, -0.25) is 0 Å². The van der Waals surface area contributed by atoms with Crippen molar-refractivity contribution >= 4 is 15.9 Å². The number of benzene rings is 1. The van der Waals surface area contributed by atoms with Gasteiger partial charge in [0, 0.05) is 4.83 Å². The van der Waals surface area contributed by atoms with Crippen LogP contribution in [-0.2, 0) is 0 Å². The second-order valence-corrected chi connectivity index (χ2v) is 4.68. The van der Waals surface area contributed by atoms with E-state index >= 15 is 0 Å². The first-order valence-corrected chi connectivity index (χ1v) is 5.55. The number of methoxy groups -OCH3 is 2. The highest BCUT2D eigenvalue weighted by Crippen LogP contribution is 2.32. The molecule has 1 rings (SSSR count). The molecule has 0 aliphatic carbocycles. The van der Waals surface area contributed by atoms with E-state index in [0.29, 0.717) is 11.5 Å². The maximum atomic E-state index is 9.84. The summed E-state index contributed by atoms with van der Waals surface area (Å²) in [5, 5.41) is 9.84. The van der Waals surface area contributed by atoms with Crippen LogP contribution in [0.4, 0.5) is 0 Å². The molecular formula is C11H15BrO3. The van der Waals surface area contributed by atoms with Crippen molar-refractivity contribution in [2.24, 2.45) is 0 Å². The minimum absolute atomic E-state index is 0.00407. The Morgan fingerprint density at radius 1 is 1.20 bits per heavy atom. The quantitative estimate of drug-likeness (QED) is 0.858. The molecule has 1 N–H and O–H groups in total. The van der Waals surface area contributed by atoms with Crippen molar-refractivity contribution in [3.63, 3.8) is 0 Å². The lowest BCUT2D eigenvalue weighted by atomic mass is 10.1. The van der Waals surface area contributed by atoms with Crippen LogP contribution in [-0.4, -0.2) is 24.2 Å². The van der Waals surface area contributed by atoms with E-state index in [1.165, 1.54) is 0 Å². The van der Waals surface area contributed by atoms with Gasteiger partial charge in [0.25, 0.3) is 0 Å². The first kappa shape index (κ1) is 12.3. The first-order chi connectivity index (χ1) is 7.10. The van der Waals surface area contributed by atoms with Gasteiger partial charge in [-0.15, -0.1) is 0 Å². The second-order valence-electron chi connectivity index (χ2n) is 3.24. The minimum atomic E-state index is -0.551. The third-order valence-corrected chi connectivity index (χ3v) is 2.68. The third kappa shape index (κ3) is 2.86. The van der Waals surface area contributed by atoms with Crippen LogP contribution in [0.3, 0.4) is 0 Å². The van der Waals surface area contributed by atoms with E-state index in [4.69, 9.17) is 9.47 Å². The average Bonchev–Trinajstić information content (AvgIpc) is 2.26. The largest absolute Gasteiger partial charge is 0.493 e. The van der Waals surface area contributed by atoms with Gasteiger partial charge in [-0.05, 0) is 24.6 Å². The Hall–Kier alpha value is -0.740. The van der Waals surface area contributed by atoms with Crippen LogP contribution in [0.5, 0.6) is 11.5 Å². The fraction of sp³-hybridized carbons (Fsp3) is 0.455. The maximum Gasteiger partial charge on any atom is 0.161 e. The molecule has 84 valence electrons. The molecule has 0 saturated carbocycles. The van der Waals surface area contributed by atoms with Crippen LogP contribution >= 0.6 is 15.9 Å². The standard InChI is InChI=1S/C11H15BrO3/c1-7(12)11(13)8-4-5-9(14-2)10(6-8)15-3/h4-7,11,13H,1-3H3. The number of ether oxygens (including phenoxy) is 2. The van der Waals surface area contributed by atoms with Crippen LogP contribution < -0.4 is 9.47 Å². The van der Waals surface area contributed by atoms with E-state index < -0.39 is 6.10 Å². The van der Waals surface area contributed by atoms with E-state index in [1.807, 2.05) is 13.0 Å². The molecule has 1 aromatic carbocycles. The molecule has 4 heteroatoms. The predicted octanol–water partition coefficient (Wildman–Crippen LogP) is 2.52. The Bertz CT molecular complexity index is 326. The van der Waals surface area contributed by atoms with Crippen molar-refractivity contribution in [3.8, 4) is 11.5 Å². The topological polar surface area (TPSA) is 38.7 Å². The van der Waals surface area contributed by atoms with Crippen molar-refractivity contribution in [2.45, 2.75) is 17.9 Å². The molecule has 0 spiro atoms. The number of aliphatic hydroxyl groups is 1. The highest BCUT2D eigenvalue weighted by molar-refractivity contribution is 9.09. The summed E-state index contributed by atoms with van der Waals surface area (Å²) in [5.41, 5.74) is 0.803. The lowest BCUT2D eigenvalue weighted by Crippen LogP contribution is -2.07. The molecule has 15 heavy (non-hydrogen) atoms. The van der Waals surface area contributed by atoms with Gasteiger partial charge in [-0.25, -0.2) is 0 Å². The van der Waals surface area contributed by atoms with Crippen LogP contribution in [0.2, 0.25) is 0 Å². The van der Waals surface area contributed by atoms with Gasteiger partial charge in [0.2, 0.25) is 0 Å². The van der Waals surface area contributed by atoms with E-state index in [-0.39, 0.29) is 4.83 Å². The third-order valence-electron chi connectivity index (χ3n) is 2.18. The van der Waals surface area contributed by atoms with E-state index in [2.05, 4.69) is 15.9 Å². The Balaban J connectivity index is 3.02. The summed E-state index contributed by atoms with van der Waals surface area (Å²) in [6.45, 7) is 1.89. The van der Waals surface area contributed by atoms with Crippen molar-refractivity contribution in [1.82, 2.24) is 0 Å². The maximum absolute atomic E-state index is 9.84. The number of aliphatic hydroxyl groups excluding tert-OH is 1. The summed E-state index contributed by atoms with van der Waals surface area (Å²) in [4.78, 5) is -0.00407. The molecule has 0 bridgehead atoms. The molecule has 2 unspecified atom stereocenters. The number of hydrogen-bond donors (Lipinski definition) is 1. The number of alkyl halides is 1. The Morgan fingerprint density at radius 3 is 2.27 bits per heavy atom. The summed E-state index contributed by atoms with van der Waals surface area (Å²) >= 11 is 3.34. The molecule has 0 aliphatic rings. The smallest absolute Gasteiger partial charge is 0.161 e. The van der Waals surface area contributed by atoms with Crippen LogP contribution in [0.1, 0.15) is 18.6 Å². The molecule has 1 aromatic rings. The van der Waals surface area contributed by atoms with Gasteiger partial charge < -0.3 is 14.6 Å². The van der Waals surface area contributed by atoms with Gasteiger partial charge in [-0.2, -0.15) is 0 Å². The Kier molecular flexibility index (Phi) is 4.42. The van der Waals surface area contributed by atoms with Crippen molar-refractivity contribution in [2.75, 3.05) is 14.2 Å². The normalized spacial score (nSPS) is 14.5. The minimum Gasteiger partial charge on any atom is -0.493 e. The van der Waals surface area contributed by atoms with E-state index in [1.54, 1.807) is 26.4 Å². The molecule has 0 fully saturated rings. The summed E-state index contributed by atoms with van der Waals surface area (Å²) in [6.07, 6.45) is -0.551. The van der Waals surface area contributed by atoms with Gasteiger partial charge in [-0.1, -0.05) is 22.0 Å². The monoisotopic (exact) mass is 274 g/mol. The average molecular weight is 275 g/mol. The van der Waals surface area contributed by atoms with E-state index in [0.717, 1.165) is 5.56 Å². The zero-order valence-corrected chi connectivity index (χ0v) is 10.6. The molecule has 0 heterocycles. The summed E-state index contributed by atoms with van der Waals surface area (Å²) in [7, 11) is 3.16. The first-order valence-electron chi connectivity index (χ1n) is 4.64. The predicted molar refractivity (Wildman–Crippen MR) is 62.9 cm³/mol. The molecule has 0 saturated heterocycles. The molecule has 0 amide bonds. The fourth-order valence-corrected chi connectivity index (χ4v) is 1.61. The lowest BCUT2D eigenvalue weighted by Gasteiger charge is -2.15. The van der Waals surface area contributed by atoms with Gasteiger partial charge in [0.05, 0.1) is 20.3 Å². The van der Waals surface area contributed by atoms with Gasteiger partial charge in [0.1, 0.15) is 0 Å².